The average Bonchev–Trinajstić information content (AvgIpc) is 2.76. The zero-order valence-electron chi connectivity index (χ0n) is 9.61. The summed E-state index contributed by atoms with van der Waals surface area (Å²) in [5.74, 6) is 1.87. The molecule has 3 heteroatoms. The number of hydrogen-bond acceptors (Lipinski definition) is 3. The van der Waals surface area contributed by atoms with Gasteiger partial charge >= 0.3 is 0 Å². The zero-order chi connectivity index (χ0) is 10.3. The van der Waals surface area contributed by atoms with Gasteiger partial charge in [0.1, 0.15) is 0 Å². The van der Waals surface area contributed by atoms with Gasteiger partial charge in [0.25, 0.3) is 0 Å². The van der Waals surface area contributed by atoms with Crippen molar-refractivity contribution in [1.82, 2.24) is 10.2 Å². The van der Waals surface area contributed by atoms with E-state index in [9.17, 15) is 0 Å². The summed E-state index contributed by atoms with van der Waals surface area (Å²) >= 11 is 0. The molecule has 3 heterocycles. The fraction of sp³-hybridized carbons (Fsp3) is 1.00. The van der Waals surface area contributed by atoms with Gasteiger partial charge in [-0.25, -0.2) is 0 Å². The van der Waals surface area contributed by atoms with Crippen molar-refractivity contribution in [3.8, 4) is 0 Å². The van der Waals surface area contributed by atoms with Gasteiger partial charge in [0.2, 0.25) is 0 Å². The fourth-order valence-corrected chi connectivity index (χ4v) is 3.50. The molecule has 1 N–H and O–H groups in total. The number of rotatable bonds is 1. The first-order chi connectivity index (χ1) is 7.33. The summed E-state index contributed by atoms with van der Waals surface area (Å²) < 4.78 is 5.62. The van der Waals surface area contributed by atoms with Crippen molar-refractivity contribution in [3.63, 3.8) is 0 Å². The van der Waals surface area contributed by atoms with E-state index in [4.69, 9.17) is 4.74 Å². The first kappa shape index (κ1) is 10.1. The van der Waals surface area contributed by atoms with Crippen molar-refractivity contribution in [1.29, 1.82) is 0 Å². The third kappa shape index (κ3) is 1.93. The lowest BCUT2D eigenvalue weighted by Gasteiger charge is -2.34. The van der Waals surface area contributed by atoms with Crippen LogP contribution in [0.2, 0.25) is 0 Å². The average molecular weight is 210 g/mol. The van der Waals surface area contributed by atoms with Gasteiger partial charge in [-0.3, -0.25) is 4.90 Å². The molecule has 3 saturated heterocycles. The van der Waals surface area contributed by atoms with Crippen molar-refractivity contribution in [2.45, 2.75) is 31.9 Å². The van der Waals surface area contributed by atoms with Gasteiger partial charge in [0.15, 0.2) is 0 Å². The third-order valence-electron chi connectivity index (χ3n) is 4.39. The highest BCUT2D eigenvalue weighted by Crippen LogP contribution is 2.31. The third-order valence-corrected chi connectivity index (χ3v) is 4.39. The number of nitrogens with one attached hydrogen (secondary N) is 1. The van der Waals surface area contributed by atoms with E-state index in [1.807, 2.05) is 0 Å². The van der Waals surface area contributed by atoms with E-state index >= 15 is 0 Å². The van der Waals surface area contributed by atoms with E-state index < -0.39 is 0 Å². The van der Waals surface area contributed by atoms with Crippen molar-refractivity contribution >= 4 is 0 Å². The summed E-state index contributed by atoms with van der Waals surface area (Å²) in [5, 5.41) is 3.51. The van der Waals surface area contributed by atoms with Gasteiger partial charge in [-0.2, -0.15) is 0 Å². The molecule has 3 aliphatic rings. The zero-order valence-corrected chi connectivity index (χ0v) is 9.61. The second-order valence-electron chi connectivity index (χ2n) is 5.49. The molecule has 0 amide bonds. The van der Waals surface area contributed by atoms with E-state index in [0.717, 1.165) is 24.5 Å². The Bertz CT molecular complexity index is 222. The first-order valence-corrected chi connectivity index (χ1v) is 6.39. The van der Waals surface area contributed by atoms with Crippen LogP contribution in [0.1, 0.15) is 19.8 Å². The summed E-state index contributed by atoms with van der Waals surface area (Å²) in [7, 11) is 0. The van der Waals surface area contributed by atoms with Crippen LogP contribution in [0.5, 0.6) is 0 Å². The lowest BCUT2D eigenvalue weighted by atomic mass is 10.0. The maximum absolute atomic E-state index is 5.62. The number of fused-ring (bicyclic) bond motifs is 1. The Hall–Kier alpha value is -0.120. The van der Waals surface area contributed by atoms with Crippen LogP contribution in [0.25, 0.3) is 0 Å². The Balaban J connectivity index is 1.59. The molecule has 0 aromatic heterocycles. The van der Waals surface area contributed by atoms with Crippen molar-refractivity contribution < 1.29 is 4.74 Å². The Morgan fingerprint density at radius 1 is 1.20 bits per heavy atom. The smallest absolute Gasteiger partial charge is 0.0561 e. The first-order valence-electron chi connectivity index (χ1n) is 6.39. The second-order valence-corrected chi connectivity index (χ2v) is 5.49. The van der Waals surface area contributed by atoms with Gasteiger partial charge in [0, 0.05) is 25.7 Å². The number of hydrogen-bond donors (Lipinski definition) is 1. The van der Waals surface area contributed by atoms with E-state index in [2.05, 4.69) is 17.1 Å². The molecule has 0 bridgehead atoms. The second kappa shape index (κ2) is 4.04. The highest BCUT2D eigenvalue weighted by atomic mass is 16.5. The molecule has 15 heavy (non-hydrogen) atoms. The predicted molar refractivity (Wildman–Crippen MR) is 59.9 cm³/mol. The Labute approximate surface area is 92.2 Å². The van der Waals surface area contributed by atoms with Crippen molar-refractivity contribution in [2.24, 2.45) is 11.8 Å². The molecule has 86 valence electrons. The molecule has 3 rings (SSSR count). The van der Waals surface area contributed by atoms with Crippen LogP contribution in [-0.2, 0) is 4.74 Å². The minimum atomic E-state index is 0.474. The maximum Gasteiger partial charge on any atom is 0.0561 e. The summed E-state index contributed by atoms with van der Waals surface area (Å²) in [6.45, 7) is 8.34. The highest BCUT2D eigenvalue weighted by molar-refractivity contribution is 4.94. The van der Waals surface area contributed by atoms with Gasteiger partial charge in [0.05, 0.1) is 6.10 Å². The van der Waals surface area contributed by atoms with Gasteiger partial charge in [-0.1, -0.05) is 0 Å². The lowest BCUT2D eigenvalue weighted by molar-refractivity contribution is -0.0136. The molecule has 0 aliphatic carbocycles. The molecule has 3 nitrogen and oxygen atoms in total. The molecule has 0 aromatic rings. The van der Waals surface area contributed by atoms with Crippen LogP contribution in [-0.4, -0.2) is 49.8 Å². The molecule has 0 radical (unpaired) electrons. The Morgan fingerprint density at radius 2 is 1.93 bits per heavy atom. The van der Waals surface area contributed by atoms with E-state index in [-0.39, 0.29) is 0 Å². The van der Waals surface area contributed by atoms with Crippen LogP contribution in [0, 0.1) is 11.8 Å². The molecular formula is C12H22N2O. The van der Waals surface area contributed by atoms with Gasteiger partial charge < -0.3 is 10.1 Å². The van der Waals surface area contributed by atoms with Crippen LogP contribution in [0.4, 0.5) is 0 Å². The molecule has 4 unspecified atom stereocenters. The summed E-state index contributed by atoms with van der Waals surface area (Å²) in [6.07, 6.45) is 2.96. The molecule has 0 aromatic carbocycles. The van der Waals surface area contributed by atoms with Gasteiger partial charge in [-0.15, -0.1) is 0 Å². The predicted octanol–water partition coefficient (Wildman–Crippen LogP) is 0.705. The van der Waals surface area contributed by atoms with Crippen LogP contribution in [0.15, 0.2) is 0 Å². The quantitative estimate of drug-likeness (QED) is 0.689. The van der Waals surface area contributed by atoms with Crippen LogP contribution < -0.4 is 5.32 Å². The highest BCUT2D eigenvalue weighted by Gasteiger charge is 2.39. The Kier molecular flexibility index (Phi) is 2.71. The summed E-state index contributed by atoms with van der Waals surface area (Å²) in [6, 6.07) is 0.805. The Morgan fingerprint density at radius 3 is 2.60 bits per heavy atom. The fourth-order valence-electron chi connectivity index (χ4n) is 3.50. The molecular weight excluding hydrogens is 188 g/mol. The molecule has 0 saturated carbocycles. The topological polar surface area (TPSA) is 24.5 Å². The maximum atomic E-state index is 5.62. The normalized spacial score (nSPS) is 47.0. The van der Waals surface area contributed by atoms with Crippen LogP contribution in [0.3, 0.4) is 0 Å². The van der Waals surface area contributed by atoms with Crippen molar-refractivity contribution in [2.75, 3.05) is 32.8 Å². The largest absolute Gasteiger partial charge is 0.378 e. The van der Waals surface area contributed by atoms with E-state index in [0.29, 0.717) is 6.10 Å². The molecule has 4 atom stereocenters. The monoisotopic (exact) mass is 210 g/mol. The minimum absolute atomic E-state index is 0.474. The number of nitrogens with zero attached hydrogens (tertiary/aromatic N) is 1. The minimum Gasteiger partial charge on any atom is -0.378 e. The SMILES string of the molecule is CC1CC(N2CC3CNCC3C2)CCO1. The van der Waals surface area contributed by atoms with Gasteiger partial charge in [-0.05, 0) is 44.7 Å². The van der Waals surface area contributed by atoms with Crippen molar-refractivity contribution in [3.05, 3.63) is 0 Å². The molecule has 3 aliphatic heterocycles. The number of likely N-dealkylation sites (tertiary alicyclic amines) is 1. The lowest BCUT2D eigenvalue weighted by Crippen LogP contribution is -2.41. The van der Waals surface area contributed by atoms with Crippen LogP contribution >= 0.6 is 0 Å². The summed E-state index contributed by atoms with van der Waals surface area (Å²) in [4.78, 5) is 2.73. The molecule has 3 fully saturated rings. The summed E-state index contributed by atoms with van der Waals surface area (Å²) in [5.41, 5.74) is 0. The van der Waals surface area contributed by atoms with E-state index in [1.165, 1.54) is 39.0 Å². The molecule has 0 spiro atoms. The standard InChI is InChI=1S/C12H22N2O/c1-9-4-12(2-3-15-9)14-7-10-5-13-6-11(10)8-14/h9-13H,2-8H2,1H3. The van der Waals surface area contributed by atoms with E-state index in [1.54, 1.807) is 0 Å². The number of ether oxygens (including phenoxy) is 1.